The topological polar surface area (TPSA) is 61.3 Å². The summed E-state index contributed by atoms with van der Waals surface area (Å²) < 4.78 is 0. The highest BCUT2D eigenvalue weighted by molar-refractivity contribution is 5.47. The van der Waals surface area contributed by atoms with Crippen LogP contribution >= 0.6 is 0 Å². The molecule has 0 bridgehead atoms. The van der Waals surface area contributed by atoms with Crippen LogP contribution in [0, 0.1) is 5.92 Å². The Kier molecular flexibility index (Phi) is 4.75. The van der Waals surface area contributed by atoms with Gasteiger partial charge in [0.05, 0.1) is 0 Å². The van der Waals surface area contributed by atoms with Crippen LogP contribution in [0.3, 0.4) is 0 Å². The van der Waals surface area contributed by atoms with Crippen LogP contribution in [0.4, 0.5) is 11.6 Å². The van der Waals surface area contributed by atoms with Gasteiger partial charge in [0, 0.05) is 32.8 Å². The first-order valence-corrected chi connectivity index (χ1v) is 6.67. The molecule has 0 spiro atoms. The Morgan fingerprint density at radius 3 is 2.94 bits per heavy atom. The molecular formula is C13H22N4O. The predicted molar refractivity (Wildman–Crippen MR) is 72.8 cm³/mol. The van der Waals surface area contributed by atoms with E-state index in [9.17, 15) is 0 Å². The highest BCUT2D eigenvalue weighted by Gasteiger charge is 2.19. The number of aliphatic hydroxyl groups is 1. The molecule has 1 fully saturated rings. The summed E-state index contributed by atoms with van der Waals surface area (Å²) in [6.07, 6.45) is 6.38. The van der Waals surface area contributed by atoms with Gasteiger partial charge < -0.3 is 15.3 Å². The lowest BCUT2D eigenvalue weighted by Crippen LogP contribution is -2.29. The van der Waals surface area contributed by atoms with Gasteiger partial charge in [-0.05, 0) is 25.2 Å². The molecule has 5 nitrogen and oxygen atoms in total. The molecule has 1 aliphatic carbocycles. The monoisotopic (exact) mass is 250 g/mol. The Bertz CT molecular complexity index is 368. The molecule has 1 saturated carbocycles. The van der Waals surface area contributed by atoms with Crippen LogP contribution in [0.1, 0.15) is 25.7 Å². The van der Waals surface area contributed by atoms with Crippen molar-refractivity contribution in [2.45, 2.75) is 25.7 Å². The summed E-state index contributed by atoms with van der Waals surface area (Å²) in [4.78, 5) is 10.7. The average molecular weight is 250 g/mol. The number of hydrogen-bond acceptors (Lipinski definition) is 5. The molecule has 1 aromatic heterocycles. The van der Waals surface area contributed by atoms with E-state index in [4.69, 9.17) is 5.11 Å². The largest absolute Gasteiger partial charge is 0.396 e. The highest BCUT2D eigenvalue weighted by Crippen LogP contribution is 2.28. The minimum Gasteiger partial charge on any atom is -0.396 e. The van der Waals surface area contributed by atoms with Gasteiger partial charge in [-0.15, -0.1) is 0 Å². The van der Waals surface area contributed by atoms with E-state index >= 15 is 0 Å². The fourth-order valence-corrected chi connectivity index (χ4v) is 2.10. The molecule has 5 heteroatoms. The number of rotatable bonds is 7. The lowest BCUT2D eigenvalue weighted by Gasteiger charge is -2.30. The molecule has 2 rings (SSSR count). The van der Waals surface area contributed by atoms with Crippen LogP contribution in [-0.4, -0.2) is 41.8 Å². The molecule has 1 heterocycles. The van der Waals surface area contributed by atoms with E-state index in [2.05, 4.69) is 27.2 Å². The SMILES string of the molecule is CN(CC1CCC1)c1cc(NCCCO)ncn1. The third-order valence-corrected chi connectivity index (χ3v) is 3.44. The van der Waals surface area contributed by atoms with E-state index in [1.807, 2.05) is 6.07 Å². The predicted octanol–water partition coefficient (Wildman–Crippen LogP) is 1.51. The maximum atomic E-state index is 8.74. The van der Waals surface area contributed by atoms with Crippen molar-refractivity contribution in [3.05, 3.63) is 12.4 Å². The highest BCUT2D eigenvalue weighted by atomic mass is 16.3. The minimum atomic E-state index is 0.201. The van der Waals surface area contributed by atoms with E-state index in [-0.39, 0.29) is 6.61 Å². The average Bonchev–Trinajstić information content (AvgIpc) is 2.34. The summed E-state index contributed by atoms with van der Waals surface area (Å²) in [5, 5.41) is 11.9. The Morgan fingerprint density at radius 1 is 1.44 bits per heavy atom. The molecule has 100 valence electrons. The minimum absolute atomic E-state index is 0.201. The summed E-state index contributed by atoms with van der Waals surface area (Å²) in [5.41, 5.74) is 0. The van der Waals surface area contributed by atoms with Crippen LogP contribution in [0.15, 0.2) is 12.4 Å². The van der Waals surface area contributed by atoms with Crippen molar-refractivity contribution in [3.63, 3.8) is 0 Å². The smallest absolute Gasteiger partial charge is 0.133 e. The molecule has 0 amide bonds. The molecule has 1 aliphatic rings. The lowest BCUT2D eigenvalue weighted by molar-refractivity contribution is 0.292. The summed E-state index contributed by atoms with van der Waals surface area (Å²) in [5.74, 6) is 2.62. The summed E-state index contributed by atoms with van der Waals surface area (Å²) in [6, 6.07) is 1.97. The van der Waals surface area contributed by atoms with E-state index in [1.54, 1.807) is 6.33 Å². The van der Waals surface area contributed by atoms with Gasteiger partial charge in [0.15, 0.2) is 0 Å². The third-order valence-electron chi connectivity index (χ3n) is 3.44. The van der Waals surface area contributed by atoms with Gasteiger partial charge in [0.2, 0.25) is 0 Å². The van der Waals surface area contributed by atoms with Gasteiger partial charge in [0.1, 0.15) is 18.0 Å². The molecule has 0 atom stereocenters. The van der Waals surface area contributed by atoms with Crippen molar-refractivity contribution in [2.75, 3.05) is 37.0 Å². The Balaban J connectivity index is 1.88. The maximum Gasteiger partial charge on any atom is 0.133 e. The zero-order valence-corrected chi connectivity index (χ0v) is 11.0. The molecule has 1 aromatic rings. The van der Waals surface area contributed by atoms with Gasteiger partial charge >= 0.3 is 0 Å². The van der Waals surface area contributed by atoms with Gasteiger partial charge in [-0.25, -0.2) is 9.97 Å². The second-order valence-electron chi connectivity index (χ2n) is 4.94. The van der Waals surface area contributed by atoms with Gasteiger partial charge in [-0.1, -0.05) is 6.42 Å². The quantitative estimate of drug-likeness (QED) is 0.718. The summed E-state index contributed by atoms with van der Waals surface area (Å²) in [7, 11) is 2.08. The van der Waals surface area contributed by atoms with Crippen LogP contribution in [0.25, 0.3) is 0 Å². The normalized spacial score (nSPS) is 15.2. The van der Waals surface area contributed by atoms with E-state index < -0.39 is 0 Å². The van der Waals surface area contributed by atoms with E-state index in [0.29, 0.717) is 0 Å². The first-order valence-electron chi connectivity index (χ1n) is 6.67. The number of aliphatic hydroxyl groups excluding tert-OH is 1. The lowest BCUT2D eigenvalue weighted by atomic mass is 9.85. The molecule has 0 radical (unpaired) electrons. The number of hydrogen-bond donors (Lipinski definition) is 2. The molecule has 18 heavy (non-hydrogen) atoms. The van der Waals surface area contributed by atoms with Crippen molar-refractivity contribution in [1.29, 1.82) is 0 Å². The molecule has 2 N–H and O–H groups in total. The van der Waals surface area contributed by atoms with E-state index in [1.165, 1.54) is 19.3 Å². The van der Waals surface area contributed by atoms with Gasteiger partial charge in [0.25, 0.3) is 0 Å². The first kappa shape index (κ1) is 13.1. The van der Waals surface area contributed by atoms with Gasteiger partial charge in [-0.3, -0.25) is 0 Å². The number of anilines is 2. The standard InChI is InChI=1S/C13H22N4O/c1-17(9-11-4-2-5-11)13-8-12(15-10-16-13)14-6-3-7-18/h8,10-11,18H,2-7,9H2,1H3,(H,14,15,16). The Hall–Kier alpha value is -1.36. The van der Waals surface area contributed by atoms with Crippen molar-refractivity contribution in [3.8, 4) is 0 Å². The van der Waals surface area contributed by atoms with Crippen molar-refractivity contribution in [1.82, 2.24) is 9.97 Å². The summed E-state index contributed by atoms with van der Waals surface area (Å²) in [6.45, 7) is 2.01. The van der Waals surface area contributed by atoms with Crippen LogP contribution in [-0.2, 0) is 0 Å². The van der Waals surface area contributed by atoms with Crippen LogP contribution in [0.5, 0.6) is 0 Å². The fourth-order valence-electron chi connectivity index (χ4n) is 2.10. The number of aromatic nitrogens is 2. The zero-order valence-electron chi connectivity index (χ0n) is 11.0. The fraction of sp³-hybridized carbons (Fsp3) is 0.692. The second kappa shape index (κ2) is 6.54. The molecule has 0 saturated heterocycles. The Labute approximate surface area is 108 Å². The van der Waals surface area contributed by atoms with Crippen molar-refractivity contribution < 1.29 is 5.11 Å². The number of nitrogens with one attached hydrogen (secondary N) is 1. The van der Waals surface area contributed by atoms with Gasteiger partial charge in [-0.2, -0.15) is 0 Å². The molecule has 0 unspecified atom stereocenters. The molecule has 0 aliphatic heterocycles. The third kappa shape index (κ3) is 3.57. The van der Waals surface area contributed by atoms with Crippen molar-refractivity contribution in [2.24, 2.45) is 5.92 Å². The zero-order chi connectivity index (χ0) is 12.8. The summed E-state index contributed by atoms with van der Waals surface area (Å²) >= 11 is 0. The second-order valence-corrected chi connectivity index (χ2v) is 4.94. The van der Waals surface area contributed by atoms with E-state index in [0.717, 1.165) is 37.1 Å². The maximum absolute atomic E-state index is 8.74. The van der Waals surface area contributed by atoms with Crippen LogP contribution in [0.2, 0.25) is 0 Å². The van der Waals surface area contributed by atoms with Crippen LogP contribution < -0.4 is 10.2 Å². The van der Waals surface area contributed by atoms with Crippen molar-refractivity contribution >= 4 is 11.6 Å². The molecular weight excluding hydrogens is 228 g/mol. The molecule has 0 aromatic carbocycles. The number of nitrogens with zero attached hydrogens (tertiary/aromatic N) is 3. The first-order chi connectivity index (χ1) is 8.79. The Morgan fingerprint density at radius 2 is 2.28 bits per heavy atom.